The molecular weight excluding hydrogens is 350 g/mol. The number of benzene rings is 1. The largest absolute Gasteiger partial charge is 0.497 e. The summed E-state index contributed by atoms with van der Waals surface area (Å²) in [6.07, 6.45) is 8.46. The summed E-state index contributed by atoms with van der Waals surface area (Å²) in [6, 6.07) is 8.42. The fourth-order valence-corrected chi connectivity index (χ4v) is 4.38. The molecule has 3 rings (SSSR count). The first-order valence-corrected chi connectivity index (χ1v) is 10.9. The highest BCUT2D eigenvalue weighted by atomic mass is 16.5. The van der Waals surface area contributed by atoms with E-state index >= 15 is 0 Å². The normalized spacial score (nSPS) is 23.6. The summed E-state index contributed by atoms with van der Waals surface area (Å²) in [5.74, 6) is 1.12. The number of ether oxygens (including phenoxy) is 1. The number of piperazine rings is 1. The third-order valence-electron chi connectivity index (χ3n) is 6.35. The van der Waals surface area contributed by atoms with E-state index in [9.17, 15) is 4.79 Å². The van der Waals surface area contributed by atoms with E-state index in [2.05, 4.69) is 30.4 Å². The lowest BCUT2D eigenvalue weighted by Crippen LogP contribution is -3.29. The van der Waals surface area contributed by atoms with Gasteiger partial charge in [0.2, 0.25) is 0 Å². The molecule has 1 aromatic carbocycles. The predicted molar refractivity (Wildman–Crippen MR) is 112 cm³/mol. The quantitative estimate of drug-likeness (QED) is 0.565. The zero-order chi connectivity index (χ0) is 19.8. The monoisotopic (exact) mass is 387 g/mol. The number of nitrogens with one attached hydrogen (secondary N) is 3. The van der Waals surface area contributed by atoms with E-state index in [1.165, 1.54) is 41.7 Å². The maximum atomic E-state index is 12.5. The maximum absolute atomic E-state index is 12.5. The molecule has 5 nitrogen and oxygen atoms in total. The first kappa shape index (κ1) is 20.9. The Hall–Kier alpha value is -1.85. The van der Waals surface area contributed by atoms with Crippen LogP contribution in [0.15, 0.2) is 35.9 Å². The molecule has 0 radical (unpaired) electrons. The topological polar surface area (TPSA) is 47.2 Å². The van der Waals surface area contributed by atoms with Crippen LogP contribution in [0.4, 0.5) is 0 Å². The summed E-state index contributed by atoms with van der Waals surface area (Å²) >= 11 is 0. The van der Waals surface area contributed by atoms with Gasteiger partial charge in [0.25, 0.3) is 5.91 Å². The lowest BCUT2D eigenvalue weighted by Gasteiger charge is -2.32. The lowest BCUT2D eigenvalue weighted by molar-refractivity contribution is -1.02. The number of hydrogen-bond donors (Lipinski definition) is 3. The van der Waals surface area contributed by atoms with Crippen molar-refractivity contribution in [3.05, 3.63) is 41.5 Å². The minimum absolute atomic E-state index is 0.0443. The maximum Gasteiger partial charge on any atom is 0.278 e. The summed E-state index contributed by atoms with van der Waals surface area (Å²) in [6.45, 7) is 8.28. The van der Waals surface area contributed by atoms with E-state index < -0.39 is 0 Å². The van der Waals surface area contributed by atoms with Crippen molar-refractivity contribution in [3.63, 3.8) is 0 Å². The van der Waals surface area contributed by atoms with Gasteiger partial charge in [-0.25, -0.2) is 0 Å². The average molecular weight is 388 g/mol. The molecule has 0 unspecified atom stereocenters. The highest BCUT2D eigenvalue weighted by molar-refractivity contribution is 5.79. The number of allylic oxidation sites excluding steroid dienone is 1. The molecule has 1 aromatic rings. The smallest absolute Gasteiger partial charge is 0.278 e. The van der Waals surface area contributed by atoms with Crippen LogP contribution in [0.5, 0.6) is 5.75 Å². The van der Waals surface area contributed by atoms with E-state index in [-0.39, 0.29) is 11.9 Å². The van der Waals surface area contributed by atoms with Gasteiger partial charge in [-0.3, -0.25) is 4.79 Å². The number of quaternary nitrogens is 2. The molecule has 1 aliphatic heterocycles. The molecule has 1 saturated heterocycles. The van der Waals surface area contributed by atoms with Gasteiger partial charge >= 0.3 is 0 Å². The molecule has 28 heavy (non-hydrogen) atoms. The summed E-state index contributed by atoms with van der Waals surface area (Å²) in [5, 5.41) is 3.17. The molecule has 5 heteroatoms. The molecule has 1 heterocycles. The summed E-state index contributed by atoms with van der Waals surface area (Å²) < 4.78 is 5.23. The SMILES string of the molecule is COc1ccc(C[NH+]2CC[NH+]([C@@H](C)C(=O)NCCC3=CCCCC3)CC2)cc1. The predicted octanol–water partition coefficient (Wildman–Crippen LogP) is 0.374. The van der Waals surface area contributed by atoms with Gasteiger partial charge in [0.15, 0.2) is 6.04 Å². The van der Waals surface area contributed by atoms with Crippen LogP contribution in [0.3, 0.4) is 0 Å². The molecule has 1 amide bonds. The first-order valence-electron chi connectivity index (χ1n) is 10.9. The van der Waals surface area contributed by atoms with Gasteiger partial charge in [-0.1, -0.05) is 11.6 Å². The lowest BCUT2D eigenvalue weighted by atomic mass is 9.97. The minimum Gasteiger partial charge on any atom is -0.497 e. The second-order valence-electron chi connectivity index (χ2n) is 8.30. The van der Waals surface area contributed by atoms with Crippen molar-refractivity contribution in [2.75, 3.05) is 39.8 Å². The Morgan fingerprint density at radius 3 is 2.54 bits per heavy atom. The van der Waals surface area contributed by atoms with E-state index in [0.29, 0.717) is 0 Å². The van der Waals surface area contributed by atoms with Crippen molar-refractivity contribution in [2.45, 2.75) is 51.6 Å². The zero-order valence-electron chi connectivity index (χ0n) is 17.6. The van der Waals surface area contributed by atoms with Gasteiger partial charge in [-0.2, -0.15) is 0 Å². The van der Waals surface area contributed by atoms with Crippen molar-refractivity contribution in [1.29, 1.82) is 0 Å². The fourth-order valence-electron chi connectivity index (χ4n) is 4.38. The highest BCUT2D eigenvalue weighted by Crippen LogP contribution is 2.19. The first-order chi connectivity index (χ1) is 13.7. The number of methoxy groups -OCH3 is 1. The second kappa shape index (κ2) is 10.6. The van der Waals surface area contributed by atoms with Crippen LogP contribution in [-0.2, 0) is 11.3 Å². The zero-order valence-corrected chi connectivity index (χ0v) is 17.6. The van der Waals surface area contributed by atoms with Gasteiger partial charge in [-0.05, 0) is 63.3 Å². The van der Waals surface area contributed by atoms with Crippen LogP contribution >= 0.6 is 0 Å². The molecule has 0 saturated carbocycles. The van der Waals surface area contributed by atoms with Crippen molar-refractivity contribution < 1.29 is 19.3 Å². The van der Waals surface area contributed by atoms with Crippen LogP contribution in [0, 0.1) is 0 Å². The van der Waals surface area contributed by atoms with Gasteiger partial charge < -0.3 is 19.9 Å². The standard InChI is InChI=1S/C23H35N3O2/c1-19(23(27)24-13-12-20-6-4-3-5-7-20)26-16-14-25(15-17-26)18-21-8-10-22(28-2)11-9-21/h6,8-11,19H,3-5,7,12-18H2,1-2H3,(H,24,27)/p+2/t19-/m0/s1. The van der Waals surface area contributed by atoms with Crippen molar-refractivity contribution in [1.82, 2.24) is 5.32 Å². The Labute approximate surface area is 169 Å². The molecule has 0 aromatic heterocycles. The molecule has 3 N–H and O–H groups in total. The minimum atomic E-state index is 0.0443. The van der Waals surface area contributed by atoms with Gasteiger partial charge in [0, 0.05) is 12.1 Å². The second-order valence-corrected chi connectivity index (χ2v) is 8.30. The fraction of sp³-hybridized carbons (Fsp3) is 0.609. The van der Waals surface area contributed by atoms with Gasteiger partial charge in [0.1, 0.15) is 38.5 Å². The van der Waals surface area contributed by atoms with Crippen molar-refractivity contribution >= 4 is 5.91 Å². The van der Waals surface area contributed by atoms with Crippen LogP contribution < -0.4 is 19.9 Å². The van der Waals surface area contributed by atoms with Gasteiger partial charge in [-0.15, -0.1) is 0 Å². The number of rotatable bonds is 8. The van der Waals surface area contributed by atoms with Crippen molar-refractivity contribution in [2.24, 2.45) is 0 Å². The molecule has 2 aliphatic rings. The van der Waals surface area contributed by atoms with E-state index in [1.54, 1.807) is 12.0 Å². The molecule has 0 bridgehead atoms. The van der Waals surface area contributed by atoms with E-state index in [1.807, 2.05) is 12.1 Å². The van der Waals surface area contributed by atoms with Crippen LogP contribution in [0.25, 0.3) is 0 Å². The van der Waals surface area contributed by atoms with Gasteiger partial charge in [0.05, 0.1) is 7.11 Å². The molecule has 1 fully saturated rings. The van der Waals surface area contributed by atoms with Crippen LogP contribution in [0.1, 0.15) is 44.6 Å². The molecular formula is C23H37N3O2+2. The number of carbonyl (C=O) groups is 1. The Morgan fingerprint density at radius 2 is 1.89 bits per heavy atom. The third-order valence-corrected chi connectivity index (χ3v) is 6.35. The molecule has 1 atom stereocenters. The van der Waals surface area contributed by atoms with Crippen LogP contribution in [0.2, 0.25) is 0 Å². The summed E-state index contributed by atoms with van der Waals surface area (Å²) in [4.78, 5) is 15.6. The Bertz CT molecular complexity index is 648. The Balaban J connectivity index is 1.37. The van der Waals surface area contributed by atoms with Crippen LogP contribution in [-0.4, -0.2) is 51.8 Å². The number of amides is 1. The van der Waals surface area contributed by atoms with E-state index in [0.717, 1.165) is 51.4 Å². The third kappa shape index (κ3) is 6.08. The number of carbonyl (C=O) groups excluding carboxylic acids is 1. The molecule has 0 spiro atoms. The molecule has 1 aliphatic carbocycles. The van der Waals surface area contributed by atoms with E-state index in [4.69, 9.17) is 4.74 Å². The molecule has 154 valence electrons. The Kier molecular flexibility index (Phi) is 7.92. The summed E-state index contributed by atoms with van der Waals surface area (Å²) in [7, 11) is 1.70. The number of hydrogen-bond acceptors (Lipinski definition) is 2. The average Bonchev–Trinajstić information content (AvgIpc) is 2.75. The van der Waals surface area contributed by atoms with Crippen molar-refractivity contribution in [3.8, 4) is 5.75 Å². The summed E-state index contributed by atoms with van der Waals surface area (Å²) in [5.41, 5.74) is 2.88. The Morgan fingerprint density at radius 1 is 1.14 bits per heavy atom. The highest BCUT2D eigenvalue weighted by Gasteiger charge is 2.30.